The molecule has 0 radical (unpaired) electrons. The molecular weight excluding hydrogens is 346 g/mol. The zero-order valence-corrected chi connectivity index (χ0v) is 14.9. The first-order valence-electron chi connectivity index (χ1n) is 8.93. The van der Waals surface area contributed by atoms with Crippen LogP contribution in [0.25, 0.3) is 5.52 Å². The number of aromatic nitrogens is 2. The van der Waals surface area contributed by atoms with Crippen molar-refractivity contribution in [1.29, 1.82) is 5.26 Å². The van der Waals surface area contributed by atoms with Gasteiger partial charge < -0.3 is 22.0 Å². The Labute approximate surface area is 156 Å². The molecule has 0 aromatic carbocycles. The van der Waals surface area contributed by atoms with Crippen LogP contribution in [0.1, 0.15) is 44.1 Å². The van der Waals surface area contributed by atoms with Crippen molar-refractivity contribution in [2.75, 3.05) is 11.1 Å². The molecule has 2 aromatic rings. The zero-order chi connectivity index (χ0) is 19.4. The number of nitrogens with zero attached hydrogens (tertiary/aromatic N) is 4. The maximum absolute atomic E-state index is 12.0. The largest absolute Gasteiger partial charge is 0.409 e. The van der Waals surface area contributed by atoms with Crippen LogP contribution in [0.5, 0.6) is 0 Å². The summed E-state index contributed by atoms with van der Waals surface area (Å²) >= 11 is 0. The normalized spacial score (nSPS) is 20.3. The molecule has 0 aliphatic heterocycles. The van der Waals surface area contributed by atoms with Crippen LogP contribution in [0.2, 0.25) is 0 Å². The lowest BCUT2D eigenvalue weighted by Gasteiger charge is -2.33. The fourth-order valence-corrected chi connectivity index (χ4v) is 3.76. The zero-order valence-electron chi connectivity index (χ0n) is 14.9. The second-order valence-electron chi connectivity index (χ2n) is 6.89. The van der Waals surface area contributed by atoms with Crippen LogP contribution >= 0.6 is 0 Å². The summed E-state index contributed by atoms with van der Waals surface area (Å²) in [5, 5.41) is 28.7. The number of hydrogen-bond acceptors (Lipinski definition) is 7. The molecule has 3 rings (SSSR count). The van der Waals surface area contributed by atoms with E-state index in [0.717, 1.165) is 25.7 Å². The molecule has 2 aromatic heterocycles. The number of Topliss-reactive ketones (excluding diaryl/α,β-unsaturated/α-hetero) is 1. The van der Waals surface area contributed by atoms with Crippen LogP contribution in [-0.2, 0) is 4.79 Å². The van der Waals surface area contributed by atoms with E-state index in [9.17, 15) is 4.79 Å². The number of hydrogen-bond donors (Lipinski definition) is 4. The third-order valence-corrected chi connectivity index (χ3v) is 5.05. The molecule has 0 amide bonds. The Morgan fingerprint density at radius 1 is 1.48 bits per heavy atom. The quantitative estimate of drug-likeness (QED) is 0.262. The summed E-state index contributed by atoms with van der Waals surface area (Å²) in [4.78, 5) is 12.0. The molecule has 0 unspecified atom stereocenters. The number of nitrogen functional groups attached to an aromatic ring is 1. The first kappa shape index (κ1) is 18.5. The van der Waals surface area contributed by atoms with Crippen molar-refractivity contribution in [3.8, 4) is 6.07 Å². The first-order valence-corrected chi connectivity index (χ1v) is 8.93. The van der Waals surface area contributed by atoms with Crippen LogP contribution < -0.4 is 16.8 Å². The van der Waals surface area contributed by atoms with Crippen molar-refractivity contribution in [2.45, 2.75) is 44.6 Å². The van der Waals surface area contributed by atoms with Crippen molar-refractivity contribution in [3.63, 3.8) is 0 Å². The van der Waals surface area contributed by atoms with Crippen molar-refractivity contribution in [2.24, 2.45) is 16.8 Å². The molecule has 2 atom stereocenters. The molecule has 142 valence electrons. The molecule has 9 heteroatoms. The van der Waals surface area contributed by atoms with Gasteiger partial charge in [0.05, 0.1) is 47.3 Å². The number of nitrogens with one attached hydrogen (secondary N) is 1. The number of nitriles is 1. The molecular formula is C18H23N7O2. The summed E-state index contributed by atoms with van der Waals surface area (Å²) in [6.45, 7) is 0. The third kappa shape index (κ3) is 3.95. The fraction of sp³-hybridized carbons (Fsp3) is 0.444. The second-order valence-corrected chi connectivity index (χ2v) is 6.89. The maximum atomic E-state index is 12.0. The highest BCUT2D eigenvalue weighted by Crippen LogP contribution is 2.33. The number of rotatable bonds is 6. The van der Waals surface area contributed by atoms with Crippen molar-refractivity contribution in [3.05, 3.63) is 24.0 Å². The highest BCUT2D eigenvalue weighted by Gasteiger charge is 2.28. The highest BCUT2D eigenvalue weighted by atomic mass is 16.4. The summed E-state index contributed by atoms with van der Waals surface area (Å²) < 4.78 is 1.63. The van der Waals surface area contributed by atoms with Gasteiger partial charge in [-0.2, -0.15) is 10.4 Å². The van der Waals surface area contributed by atoms with Gasteiger partial charge in [-0.1, -0.05) is 18.0 Å². The molecule has 2 heterocycles. The summed E-state index contributed by atoms with van der Waals surface area (Å²) in [6.07, 6.45) is 7.42. The number of ketones is 1. The van der Waals surface area contributed by atoms with Gasteiger partial charge in [0.1, 0.15) is 5.78 Å². The lowest BCUT2D eigenvalue weighted by molar-refractivity contribution is -0.119. The van der Waals surface area contributed by atoms with E-state index in [1.54, 1.807) is 16.8 Å². The first-order chi connectivity index (χ1) is 13.0. The number of carbonyl (C=O) groups excluding carboxylic acids is 1. The average Bonchev–Trinajstić information content (AvgIpc) is 3.04. The van der Waals surface area contributed by atoms with Gasteiger partial charge >= 0.3 is 0 Å². The molecule has 1 aliphatic rings. The van der Waals surface area contributed by atoms with Gasteiger partial charge in [-0.25, -0.2) is 4.52 Å². The lowest BCUT2D eigenvalue weighted by atomic mass is 9.81. The number of amidine groups is 1. The Hall–Kier alpha value is -3.28. The van der Waals surface area contributed by atoms with E-state index >= 15 is 0 Å². The summed E-state index contributed by atoms with van der Waals surface area (Å²) in [5.41, 5.74) is 14.1. The Balaban J connectivity index is 1.95. The molecule has 1 fully saturated rings. The maximum Gasteiger partial charge on any atom is 0.173 e. The minimum atomic E-state index is -0.0622. The minimum absolute atomic E-state index is 0.0361. The SMILES string of the molecule is N#CCC(=O)C[C@H]1CCCC[C@@H]1Nc1c(C(N)=NO)cnn2cc(N)cc12. The van der Waals surface area contributed by atoms with Crippen LogP contribution in [0.4, 0.5) is 11.4 Å². The van der Waals surface area contributed by atoms with Crippen LogP contribution in [0.15, 0.2) is 23.6 Å². The van der Waals surface area contributed by atoms with Gasteiger partial charge in [-0.05, 0) is 24.8 Å². The van der Waals surface area contributed by atoms with Crippen molar-refractivity contribution in [1.82, 2.24) is 9.61 Å². The van der Waals surface area contributed by atoms with Gasteiger partial charge in [0.2, 0.25) is 0 Å². The molecule has 0 spiro atoms. The van der Waals surface area contributed by atoms with Gasteiger partial charge in [0.15, 0.2) is 5.84 Å². The smallest absolute Gasteiger partial charge is 0.173 e. The number of fused-ring (bicyclic) bond motifs is 1. The van der Waals surface area contributed by atoms with Crippen LogP contribution in [0, 0.1) is 17.2 Å². The molecule has 0 bridgehead atoms. The van der Waals surface area contributed by atoms with E-state index in [1.807, 2.05) is 6.07 Å². The van der Waals surface area contributed by atoms with Gasteiger partial charge in [0, 0.05) is 12.5 Å². The Morgan fingerprint density at radius 2 is 2.26 bits per heavy atom. The van der Waals surface area contributed by atoms with E-state index in [2.05, 4.69) is 15.6 Å². The fourth-order valence-electron chi connectivity index (χ4n) is 3.76. The van der Waals surface area contributed by atoms with Gasteiger partial charge in [0.25, 0.3) is 0 Å². The minimum Gasteiger partial charge on any atom is -0.409 e. The summed E-state index contributed by atoms with van der Waals surface area (Å²) in [5.74, 6) is 0.0279. The number of anilines is 2. The van der Waals surface area contributed by atoms with E-state index in [0.29, 0.717) is 28.9 Å². The Morgan fingerprint density at radius 3 is 3.00 bits per heavy atom. The molecule has 1 aliphatic carbocycles. The average molecular weight is 369 g/mol. The van der Waals surface area contributed by atoms with E-state index in [4.69, 9.17) is 21.9 Å². The number of oxime groups is 1. The molecule has 0 saturated heterocycles. The highest BCUT2D eigenvalue weighted by molar-refractivity contribution is 6.05. The monoisotopic (exact) mass is 369 g/mol. The van der Waals surface area contributed by atoms with Crippen LogP contribution in [0.3, 0.4) is 0 Å². The third-order valence-electron chi connectivity index (χ3n) is 5.05. The van der Waals surface area contributed by atoms with Crippen molar-refractivity contribution >= 4 is 28.5 Å². The number of carbonyl (C=O) groups is 1. The Kier molecular flexibility index (Phi) is 5.45. The standard InChI is InChI=1S/C18H23N7O2/c19-6-5-13(26)7-11-3-1-2-4-15(11)23-17-14(18(21)24-27)9-22-25-10-12(20)8-16(17)25/h8-11,15,23,27H,1-5,7,20H2,(H2,21,24)/t11-,15+/m1/s1. The number of nitrogens with two attached hydrogens (primary N) is 2. The molecule has 1 saturated carbocycles. The van der Waals surface area contributed by atoms with E-state index < -0.39 is 0 Å². The molecule has 27 heavy (non-hydrogen) atoms. The predicted molar refractivity (Wildman–Crippen MR) is 101 cm³/mol. The van der Waals surface area contributed by atoms with E-state index in [1.165, 1.54) is 6.20 Å². The second kappa shape index (κ2) is 7.95. The van der Waals surface area contributed by atoms with Crippen molar-refractivity contribution < 1.29 is 10.0 Å². The topological polar surface area (TPSA) is 155 Å². The van der Waals surface area contributed by atoms with Crippen LogP contribution in [-0.4, -0.2) is 32.5 Å². The summed E-state index contributed by atoms with van der Waals surface area (Å²) in [7, 11) is 0. The molecule has 9 nitrogen and oxygen atoms in total. The predicted octanol–water partition coefficient (Wildman–Crippen LogP) is 1.85. The lowest BCUT2D eigenvalue weighted by Crippen LogP contribution is -2.34. The van der Waals surface area contributed by atoms with Gasteiger partial charge in [-0.15, -0.1) is 0 Å². The van der Waals surface area contributed by atoms with E-state index in [-0.39, 0.29) is 30.0 Å². The van der Waals surface area contributed by atoms with Gasteiger partial charge in [-0.3, -0.25) is 4.79 Å². The Bertz CT molecular complexity index is 912. The summed E-state index contributed by atoms with van der Waals surface area (Å²) in [6, 6.07) is 3.73. The molecule has 6 N–H and O–H groups in total.